The number of benzene rings is 2. The monoisotopic (exact) mass is 449 g/mol. The summed E-state index contributed by atoms with van der Waals surface area (Å²) in [5.41, 5.74) is 4.75. The van der Waals surface area contributed by atoms with E-state index in [9.17, 15) is 4.79 Å². The van der Waals surface area contributed by atoms with E-state index in [1.807, 2.05) is 12.1 Å². The number of carbonyl (C=O) groups excluding carboxylic acids is 1. The maximum Gasteiger partial charge on any atom is 0.249 e. The van der Waals surface area contributed by atoms with E-state index in [-0.39, 0.29) is 12.0 Å². The molecule has 1 saturated heterocycles. The first-order valence-corrected chi connectivity index (χ1v) is 12.2. The molecule has 1 fully saturated rings. The molecule has 1 atom stereocenters. The normalized spacial score (nSPS) is 15.8. The number of aryl methyl sites for hydroxylation is 4. The first-order chi connectivity index (χ1) is 16.1. The average molecular weight is 450 g/mol. The van der Waals surface area contributed by atoms with Crippen molar-refractivity contribution in [1.82, 2.24) is 14.9 Å². The van der Waals surface area contributed by atoms with Gasteiger partial charge in [-0.3, -0.25) is 4.79 Å². The third-order valence-electron chi connectivity index (χ3n) is 6.36. The van der Waals surface area contributed by atoms with Crippen LogP contribution in [-0.4, -0.2) is 41.3 Å². The smallest absolute Gasteiger partial charge is 0.249 e. The maximum absolute atomic E-state index is 12.1. The molecule has 0 aliphatic carbocycles. The van der Waals surface area contributed by atoms with E-state index in [0.717, 1.165) is 62.2 Å². The number of imidazole rings is 1. The lowest BCUT2D eigenvalue weighted by Crippen LogP contribution is -2.34. The minimum absolute atomic E-state index is 0.0183. The second kappa shape index (κ2) is 11.3. The summed E-state index contributed by atoms with van der Waals surface area (Å²) in [6.07, 6.45) is 5.23. The molecule has 1 aromatic heterocycles. The number of hydrogen-bond acceptors (Lipinski definition) is 4. The molecule has 1 aliphatic heterocycles. The van der Waals surface area contributed by atoms with Crippen molar-refractivity contribution in [3.63, 3.8) is 0 Å². The Morgan fingerprint density at radius 2 is 2.03 bits per heavy atom. The van der Waals surface area contributed by atoms with E-state index >= 15 is 0 Å². The van der Waals surface area contributed by atoms with Crippen LogP contribution in [0.3, 0.4) is 0 Å². The molecule has 0 saturated carbocycles. The third kappa shape index (κ3) is 6.14. The Hall–Kier alpha value is -2.86. The molecule has 2 heterocycles. The Balaban J connectivity index is 1.27. The largest absolute Gasteiger partial charge is 0.494 e. The third-order valence-corrected chi connectivity index (χ3v) is 6.36. The zero-order chi connectivity index (χ0) is 23.0. The highest BCUT2D eigenvalue weighted by atomic mass is 16.5. The van der Waals surface area contributed by atoms with Crippen LogP contribution in [-0.2, 0) is 22.5 Å². The molecule has 33 heavy (non-hydrogen) atoms. The summed E-state index contributed by atoms with van der Waals surface area (Å²) in [6.45, 7) is 7.18. The summed E-state index contributed by atoms with van der Waals surface area (Å²) in [5, 5.41) is 3.01. The van der Waals surface area contributed by atoms with Gasteiger partial charge < -0.3 is 19.4 Å². The van der Waals surface area contributed by atoms with Crippen molar-refractivity contribution < 1.29 is 14.3 Å². The zero-order valence-electron chi connectivity index (χ0n) is 19.8. The predicted molar refractivity (Wildman–Crippen MR) is 131 cm³/mol. The van der Waals surface area contributed by atoms with Crippen molar-refractivity contribution >= 4 is 16.9 Å². The van der Waals surface area contributed by atoms with Gasteiger partial charge in [0.1, 0.15) is 17.7 Å². The van der Waals surface area contributed by atoms with Gasteiger partial charge in [-0.25, -0.2) is 4.98 Å². The van der Waals surface area contributed by atoms with Crippen LogP contribution in [0, 0.1) is 13.8 Å². The molecule has 4 rings (SSSR count). The lowest BCUT2D eigenvalue weighted by Gasteiger charge is -2.12. The highest BCUT2D eigenvalue weighted by Crippen LogP contribution is 2.19. The lowest BCUT2D eigenvalue weighted by molar-refractivity contribution is -0.130. The Kier molecular flexibility index (Phi) is 8.00. The predicted octanol–water partition coefficient (Wildman–Crippen LogP) is 4.74. The summed E-state index contributed by atoms with van der Waals surface area (Å²) in [6, 6.07) is 14.6. The van der Waals surface area contributed by atoms with Crippen molar-refractivity contribution in [2.24, 2.45) is 0 Å². The van der Waals surface area contributed by atoms with Crippen molar-refractivity contribution in [3.8, 4) is 5.75 Å². The number of aromatic nitrogens is 2. The number of nitrogens with one attached hydrogen (secondary N) is 1. The Morgan fingerprint density at radius 1 is 1.15 bits per heavy atom. The standard InChI is InChI=1S/C27H35N3O3/c1-20-13-14-22(19-21(20)2)32-17-6-5-16-30-24-10-4-3-9-23(24)29-26(30)12-7-15-28-27(31)25-11-8-18-33-25/h3-4,9-10,13-14,19,25H,5-8,11-12,15-18H2,1-2H3,(H,28,31). The Morgan fingerprint density at radius 3 is 2.85 bits per heavy atom. The summed E-state index contributed by atoms with van der Waals surface area (Å²) < 4.78 is 13.7. The topological polar surface area (TPSA) is 65.4 Å². The SMILES string of the molecule is Cc1ccc(OCCCCn2c(CCCNC(=O)C3CCCO3)nc3ccccc32)cc1C. The number of nitrogens with zero attached hydrogens (tertiary/aromatic N) is 2. The van der Waals surface area contributed by atoms with E-state index in [2.05, 4.69) is 54.1 Å². The second-order valence-corrected chi connectivity index (χ2v) is 8.87. The number of ether oxygens (including phenoxy) is 2. The average Bonchev–Trinajstić information content (AvgIpc) is 3.47. The fraction of sp³-hybridized carbons (Fsp3) is 0.481. The van der Waals surface area contributed by atoms with Crippen molar-refractivity contribution in [1.29, 1.82) is 0 Å². The summed E-state index contributed by atoms with van der Waals surface area (Å²) in [5.74, 6) is 2.04. The van der Waals surface area contributed by atoms with Gasteiger partial charge in [-0.1, -0.05) is 18.2 Å². The van der Waals surface area contributed by atoms with E-state index in [1.165, 1.54) is 16.6 Å². The molecule has 3 aromatic rings. The van der Waals surface area contributed by atoms with Crippen LogP contribution in [0.15, 0.2) is 42.5 Å². The molecule has 6 heteroatoms. The van der Waals surface area contributed by atoms with Gasteiger partial charge in [0.05, 0.1) is 17.6 Å². The number of amides is 1. The number of hydrogen-bond donors (Lipinski definition) is 1. The highest BCUT2D eigenvalue weighted by molar-refractivity contribution is 5.80. The van der Waals surface area contributed by atoms with Gasteiger partial charge in [0.2, 0.25) is 5.91 Å². The number of unbranched alkanes of at least 4 members (excludes halogenated alkanes) is 1. The lowest BCUT2D eigenvalue weighted by atomic mass is 10.1. The second-order valence-electron chi connectivity index (χ2n) is 8.87. The summed E-state index contributed by atoms with van der Waals surface area (Å²) in [4.78, 5) is 17.0. The van der Waals surface area contributed by atoms with Crippen molar-refractivity contribution in [3.05, 3.63) is 59.4 Å². The van der Waals surface area contributed by atoms with Crippen LogP contribution in [0.1, 0.15) is 49.1 Å². The van der Waals surface area contributed by atoms with E-state index in [0.29, 0.717) is 19.8 Å². The zero-order valence-corrected chi connectivity index (χ0v) is 19.8. The van der Waals surface area contributed by atoms with Crippen LogP contribution in [0.5, 0.6) is 5.75 Å². The molecule has 176 valence electrons. The van der Waals surface area contributed by atoms with Gasteiger partial charge in [0.25, 0.3) is 0 Å². The number of carbonyl (C=O) groups is 1. The van der Waals surface area contributed by atoms with Crippen LogP contribution in [0.4, 0.5) is 0 Å². The molecular weight excluding hydrogens is 414 g/mol. The van der Waals surface area contributed by atoms with Crippen LogP contribution >= 0.6 is 0 Å². The van der Waals surface area contributed by atoms with Gasteiger partial charge >= 0.3 is 0 Å². The van der Waals surface area contributed by atoms with E-state index < -0.39 is 0 Å². The van der Waals surface area contributed by atoms with Gasteiger partial charge in [-0.2, -0.15) is 0 Å². The molecule has 2 aromatic carbocycles. The van der Waals surface area contributed by atoms with Crippen LogP contribution in [0.2, 0.25) is 0 Å². The minimum atomic E-state index is -0.263. The Labute approximate surface area is 196 Å². The van der Waals surface area contributed by atoms with E-state index in [1.54, 1.807) is 0 Å². The molecule has 1 N–H and O–H groups in total. The fourth-order valence-electron chi connectivity index (χ4n) is 4.29. The molecule has 0 spiro atoms. The quantitative estimate of drug-likeness (QED) is 0.430. The highest BCUT2D eigenvalue weighted by Gasteiger charge is 2.22. The Bertz CT molecular complexity index is 1070. The number of rotatable bonds is 11. The molecule has 1 aliphatic rings. The molecule has 0 radical (unpaired) electrons. The van der Waals surface area contributed by atoms with Crippen LogP contribution in [0.25, 0.3) is 11.0 Å². The molecule has 6 nitrogen and oxygen atoms in total. The number of fused-ring (bicyclic) bond motifs is 1. The summed E-state index contributed by atoms with van der Waals surface area (Å²) >= 11 is 0. The first kappa shape index (κ1) is 23.3. The van der Waals surface area contributed by atoms with Crippen molar-refractivity contribution in [2.45, 2.75) is 65.0 Å². The first-order valence-electron chi connectivity index (χ1n) is 12.2. The molecular formula is C27H35N3O3. The summed E-state index contributed by atoms with van der Waals surface area (Å²) in [7, 11) is 0. The van der Waals surface area contributed by atoms with Gasteiger partial charge in [0, 0.05) is 26.1 Å². The minimum Gasteiger partial charge on any atom is -0.494 e. The maximum atomic E-state index is 12.1. The molecule has 1 amide bonds. The van der Waals surface area contributed by atoms with Gasteiger partial charge in [-0.15, -0.1) is 0 Å². The van der Waals surface area contributed by atoms with Gasteiger partial charge in [0.15, 0.2) is 0 Å². The van der Waals surface area contributed by atoms with Crippen molar-refractivity contribution in [2.75, 3.05) is 19.8 Å². The molecule has 0 bridgehead atoms. The number of para-hydroxylation sites is 2. The van der Waals surface area contributed by atoms with Crippen LogP contribution < -0.4 is 10.1 Å². The van der Waals surface area contributed by atoms with E-state index in [4.69, 9.17) is 14.5 Å². The fourth-order valence-corrected chi connectivity index (χ4v) is 4.29. The molecule has 1 unspecified atom stereocenters. The van der Waals surface area contributed by atoms with Gasteiger partial charge in [-0.05, 0) is 81.3 Å².